The zero-order valence-corrected chi connectivity index (χ0v) is 14.4. The van der Waals surface area contributed by atoms with Gasteiger partial charge in [0.1, 0.15) is 5.69 Å². The molecule has 0 saturated carbocycles. The molecule has 0 aliphatic carbocycles. The summed E-state index contributed by atoms with van der Waals surface area (Å²) >= 11 is 0. The van der Waals surface area contributed by atoms with Crippen LogP contribution in [0.3, 0.4) is 0 Å². The molecule has 0 aromatic heterocycles. The molecule has 0 saturated heterocycles. The van der Waals surface area contributed by atoms with E-state index in [2.05, 4.69) is 5.32 Å². The van der Waals surface area contributed by atoms with E-state index in [-0.39, 0.29) is 29.3 Å². The Bertz CT molecular complexity index is 943. The third-order valence-electron chi connectivity index (χ3n) is 4.16. The van der Waals surface area contributed by atoms with E-state index in [9.17, 15) is 20.0 Å². The Morgan fingerprint density at radius 1 is 0.963 bits per heavy atom. The lowest BCUT2D eigenvalue weighted by Gasteiger charge is -2.13. The fraction of sp³-hybridized carbons (Fsp3) is 0.0952. The highest BCUT2D eigenvalue weighted by atomic mass is 16.6. The number of aliphatic hydroxyl groups is 1. The molecule has 0 radical (unpaired) electrons. The van der Waals surface area contributed by atoms with Gasteiger partial charge < -0.3 is 10.4 Å². The first-order valence-corrected chi connectivity index (χ1v) is 8.41. The van der Waals surface area contributed by atoms with Gasteiger partial charge in [0.05, 0.1) is 11.0 Å². The van der Waals surface area contributed by atoms with Gasteiger partial charge in [0.25, 0.3) is 5.69 Å². The summed E-state index contributed by atoms with van der Waals surface area (Å²) in [6, 6.07) is 21.9. The smallest absolute Gasteiger partial charge is 0.293 e. The van der Waals surface area contributed by atoms with Gasteiger partial charge in [-0.25, -0.2) is 0 Å². The van der Waals surface area contributed by atoms with E-state index < -0.39 is 11.0 Å². The van der Waals surface area contributed by atoms with Crippen LogP contribution in [0.2, 0.25) is 0 Å². The molecule has 0 bridgehead atoms. The average molecular weight is 362 g/mol. The molecule has 0 amide bonds. The predicted octanol–water partition coefficient (Wildman–Crippen LogP) is 3.97. The Morgan fingerprint density at radius 3 is 2.22 bits per heavy atom. The van der Waals surface area contributed by atoms with Crippen molar-refractivity contribution in [3.63, 3.8) is 0 Å². The minimum Gasteiger partial charge on any atom is -0.387 e. The van der Waals surface area contributed by atoms with Crippen LogP contribution in [0.1, 0.15) is 27.6 Å². The van der Waals surface area contributed by atoms with Crippen molar-refractivity contribution in [2.45, 2.75) is 6.10 Å². The molecule has 136 valence electrons. The highest BCUT2D eigenvalue weighted by Gasteiger charge is 2.19. The molecule has 3 aromatic carbocycles. The maximum absolute atomic E-state index is 12.5. The van der Waals surface area contributed by atoms with E-state index in [4.69, 9.17) is 0 Å². The number of rotatable bonds is 7. The number of nitrogens with one attached hydrogen (secondary N) is 1. The van der Waals surface area contributed by atoms with E-state index in [1.54, 1.807) is 48.5 Å². The van der Waals surface area contributed by atoms with Crippen LogP contribution < -0.4 is 5.32 Å². The van der Waals surface area contributed by atoms with Gasteiger partial charge in [0.2, 0.25) is 0 Å². The Hall–Kier alpha value is -3.51. The van der Waals surface area contributed by atoms with E-state index in [1.807, 2.05) is 18.2 Å². The van der Waals surface area contributed by atoms with Crippen molar-refractivity contribution in [1.29, 1.82) is 0 Å². The van der Waals surface area contributed by atoms with Gasteiger partial charge in [0.15, 0.2) is 5.78 Å². The maximum Gasteiger partial charge on any atom is 0.293 e. The number of hydrogen-bond donors (Lipinski definition) is 2. The summed E-state index contributed by atoms with van der Waals surface area (Å²) in [4.78, 5) is 23.4. The maximum atomic E-state index is 12.5. The number of nitro groups is 1. The standard InChI is InChI=1S/C21H18N2O4/c24-20(15-7-3-1-4-8-15)14-22-18-12-11-17(13-19(18)23(26)27)21(25)16-9-5-2-6-10-16/h1-13,20,22,24H,14H2/t20-/m1/s1. The Balaban J connectivity index is 1.80. The van der Waals surface area contributed by atoms with Gasteiger partial charge in [-0.1, -0.05) is 60.7 Å². The minimum absolute atomic E-state index is 0.108. The van der Waals surface area contributed by atoms with E-state index in [0.717, 1.165) is 0 Å². The summed E-state index contributed by atoms with van der Waals surface area (Å²) in [5.74, 6) is -0.283. The normalized spacial score (nSPS) is 11.6. The second-order valence-corrected chi connectivity index (χ2v) is 5.99. The fourth-order valence-electron chi connectivity index (χ4n) is 2.73. The van der Waals surface area contributed by atoms with Crippen LogP contribution in [0.5, 0.6) is 0 Å². The predicted molar refractivity (Wildman–Crippen MR) is 103 cm³/mol. The van der Waals surface area contributed by atoms with E-state index >= 15 is 0 Å². The first kappa shape index (κ1) is 18.3. The summed E-state index contributed by atoms with van der Waals surface area (Å²) in [5, 5.41) is 24.6. The highest BCUT2D eigenvalue weighted by molar-refractivity contribution is 6.09. The summed E-state index contributed by atoms with van der Waals surface area (Å²) in [6.45, 7) is 0.108. The Morgan fingerprint density at radius 2 is 1.59 bits per heavy atom. The van der Waals surface area contributed by atoms with Gasteiger partial charge >= 0.3 is 0 Å². The summed E-state index contributed by atoms with van der Waals surface area (Å²) in [7, 11) is 0. The van der Waals surface area contributed by atoms with Crippen molar-refractivity contribution in [1.82, 2.24) is 0 Å². The second-order valence-electron chi connectivity index (χ2n) is 5.99. The average Bonchev–Trinajstić information content (AvgIpc) is 2.72. The van der Waals surface area contributed by atoms with Crippen LogP contribution in [-0.2, 0) is 0 Å². The Labute approximate surface area is 156 Å². The number of aliphatic hydroxyl groups excluding tert-OH is 1. The number of nitro benzene ring substituents is 1. The van der Waals surface area contributed by atoms with Crippen molar-refractivity contribution in [2.24, 2.45) is 0 Å². The van der Waals surface area contributed by atoms with Gasteiger partial charge in [-0.2, -0.15) is 0 Å². The van der Waals surface area contributed by atoms with Crippen molar-refractivity contribution in [2.75, 3.05) is 11.9 Å². The van der Waals surface area contributed by atoms with Gasteiger partial charge in [-0.05, 0) is 17.7 Å². The first-order chi connectivity index (χ1) is 13.1. The molecule has 6 nitrogen and oxygen atoms in total. The van der Waals surface area contributed by atoms with Crippen molar-refractivity contribution in [3.8, 4) is 0 Å². The lowest BCUT2D eigenvalue weighted by atomic mass is 10.0. The number of benzene rings is 3. The van der Waals surface area contributed by atoms with Crippen molar-refractivity contribution >= 4 is 17.2 Å². The van der Waals surface area contributed by atoms with Crippen LogP contribution in [0, 0.1) is 10.1 Å². The molecular weight excluding hydrogens is 344 g/mol. The molecular formula is C21H18N2O4. The molecule has 0 aliphatic heterocycles. The molecule has 2 N–H and O–H groups in total. The topological polar surface area (TPSA) is 92.5 Å². The van der Waals surface area contributed by atoms with Crippen LogP contribution in [0.25, 0.3) is 0 Å². The van der Waals surface area contributed by atoms with Gasteiger partial charge in [-0.3, -0.25) is 14.9 Å². The molecule has 27 heavy (non-hydrogen) atoms. The molecule has 0 spiro atoms. The number of hydrogen-bond acceptors (Lipinski definition) is 5. The zero-order chi connectivity index (χ0) is 19.2. The third-order valence-corrected chi connectivity index (χ3v) is 4.16. The molecule has 0 heterocycles. The number of anilines is 1. The summed E-state index contributed by atoms with van der Waals surface area (Å²) in [5.41, 5.74) is 1.45. The molecule has 3 rings (SSSR count). The molecule has 0 fully saturated rings. The molecule has 1 atom stereocenters. The molecule has 0 unspecified atom stereocenters. The minimum atomic E-state index is -0.809. The lowest BCUT2D eigenvalue weighted by molar-refractivity contribution is -0.384. The molecule has 0 aliphatic rings. The number of carbonyl (C=O) groups excluding carboxylic acids is 1. The largest absolute Gasteiger partial charge is 0.387 e. The zero-order valence-electron chi connectivity index (χ0n) is 14.4. The highest BCUT2D eigenvalue weighted by Crippen LogP contribution is 2.27. The second kappa shape index (κ2) is 8.25. The summed E-state index contributed by atoms with van der Waals surface area (Å²) in [6.07, 6.45) is -0.809. The number of ketones is 1. The first-order valence-electron chi connectivity index (χ1n) is 8.41. The number of carbonyl (C=O) groups is 1. The van der Waals surface area contributed by atoms with Crippen LogP contribution >= 0.6 is 0 Å². The summed E-state index contributed by atoms with van der Waals surface area (Å²) < 4.78 is 0. The monoisotopic (exact) mass is 362 g/mol. The number of nitrogens with zero attached hydrogens (tertiary/aromatic N) is 1. The third kappa shape index (κ3) is 4.37. The van der Waals surface area contributed by atoms with Crippen LogP contribution in [0.15, 0.2) is 78.9 Å². The van der Waals surface area contributed by atoms with Gasteiger partial charge in [-0.15, -0.1) is 0 Å². The van der Waals surface area contributed by atoms with Crippen LogP contribution in [0.4, 0.5) is 11.4 Å². The fourth-order valence-corrected chi connectivity index (χ4v) is 2.73. The molecule has 6 heteroatoms. The van der Waals surface area contributed by atoms with E-state index in [1.165, 1.54) is 12.1 Å². The van der Waals surface area contributed by atoms with E-state index in [0.29, 0.717) is 11.1 Å². The quantitative estimate of drug-likeness (QED) is 0.377. The molecule has 3 aromatic rings. The van der Waals surface area contributed by atoms with Crippen molar-refractivity contribution < 1.29 is 14.8 Å². The lowest BCUT2D eigenvalue weighted by Crippen LogP contribution is -2.13. The van der Waals surface area contributed by atoms with Crippen molar-refractivity contribution in [3.05, 3.63) is 106 Å². The Kier molecular flexibility index (Phi) is 5.58. The SMILES string of the molecule is O=C(c1ccccc1)c1ccc(NC[C@@H](O)c2ccccc2)c([N+](=O)[O-])c1. The van der Waals surface area contributed by atoms with Gasteiger partial charge in [0, 0.05) is 23.7 Å². The van der Waals surface area contributed by atoms with Crippen LogP contribution in [-0.4, -0.2) is 22.4 Å².